The summed E-state index contributed by atoms with van der Waals surface area (Å²) in [5.41, 5.74) is 21.8. The van der Waals surface area contributed by atoms with Gasteiger partial charge in [0, 0.05) is 33.2 Å². The quantitative estimate of drug-likeness (QED) is 0.137. The van der Waals surface area contributed by atoms with Crippen LogP contribution in [0.3, 0.4) is 0 Å². The zero-order valence-corrected chi connectivity index (χ0v) is 36.5. The summed E-state index contributed by atoms with van der Waals surface area (Å²) in [4.78, 5) is 0. The molecule has 0 unspecified atom stereocenters. The maximum Gasteiger partial charge on any atom is 0.0541 e. The molecule has 2 aromatic heterocycles. The van der Waals surface area contributed by atoms with E-state index in [1.165, 1.54) is 105 Å². The van der Waals surface area contributed by atoms with Gasteiger partial charge < -0.3 is 9.13 Å². The van der Waals surface area contributed by atoms with Crippen LogP contribution in [-0.4, -0.2) is 9.13 Å². The van der Waals surface area contributed by atoms with Crippen LogP contribution in [0.2, 0.25) is 0 Å². The number of para-hydroxylation sites is 3. The topological polar surface area (TPSA) is 9.86 Å². The second-order valence-corrected chi connectivity index (χ2v) is 16.8. The molecule has 0 N–H and O–H groups in total. The van der Waals surface area contributed by atoms with E-state index >= 15 is 0 Å². The third-order valence-electron chi connectivity index (χ3n) is 13.0. The number of fused-ring (bicyclic) bond motifs is 4. The molecule has 0 radical (unpaired) electrons. The molecule has 0 aliphatic carbocycles. The summed E-state index contributed by atoms with van der Waals surface area (Å²) in [7, 11) is 0. The highest BCUT2D eigenvalue weighted by Crippen LogP contribution is 2.41. The second-order valence-electron chi connectivity index (χ2n) is 16.8. The molecule has 0 atom stereocenters. The first-order valence-electron chi connectivity index (χ1n) is 22.4. The molecule has 2 heterocycles. The van der Waals surface area contributed by atoms with Gasteiger partial charge in [-0.2, -0.15) is 0 Å². The minimum atomic E-state index is 0.973. The number of hydrogen-bond acceptors (Lipinski definition) is 0. The molecule has 0 saturated heterocycles. The molecule has 2 nitrogen and oxygen atoms in total. The van der Waals surface area contributed by atoms with Gasteiger partial charge in [-0.25, -0.2) is 0 Å². The van der Waals surface area contributed by atoms with Gasteiger partial charge in [0.1, 0.15) is 0 Å². The molecule has 0 saturated carbocycles. The molecule has 64 heavy (non-hydrogen) atoms. The van der Waals surface area contributed by atoms with Gasteiger partial charge in [-0.1, -0.05) is 153 Å². The Kier molecular flexibility index (Phi) is 9.98. The molecule has 0 aliphatic heterocycles. The van der Waals surface area contributed by atoms with Crippen molar-refractivity contribution in [3.05, 3.63) is 235 Å². The fourth-order valence-electron chi connectivity index (χ4n) is 9.96. The summed E-state index contributed by atoms with van der Waals surface area (Å²) in [5, 5.41) is 3.85. The molecule has 0 aliphatic rings. The van der Waals surface area contributed by atoms with Crippen LogP contribution in [0.15, 0.2) is 218 Å². The van der Waals surface area contributed by atoms with Gasteiger partial charge in [0.25, 0.3) is 0 Å². The molecule has 9 aromatic carbocycles. The SMILES string of the molecule is CC=Cc1c(CC)c2ccccc2n1-c1ccc(-c2cc(-c3cc(-c4ccccc4)cc(-c4ccc(-n5c6ccccc6c6ccccc65)cc4)c3)cc(-c3ccccc3)c2C)cc1. The Morgan fingerprint density at radius 3 is 1.30 bits per heavy atom. The lowest BCUT2D eigenvalue weighted by Crippen LogP contribution is -1.98. The van der Waals surface area contributed by atoms with Crippen LogP contribution in [0.5, 0.6) is 0 Å². The van der Waals surface area contributed by atoms with E-state index in [4.69, 9.17) is 0 Å². The van der Waals surface area contributed by atoms with E-state index in [9.17, 15) is 0 Å². The lowest BCUT2D eigenvalue weighted by atomic mass is 9.87. The van der Waals surface area contributed by atoms with Crippen molar-refractivity contribution in [3.8, 4) is 67.0 Å². The van der Waals surface area contributed by atoms with Gasteiger partial charge in [-0.15, -0.1) is 0 Å². The Hall–Kier alpha value is -7.94. The van der Waals surface area contributed by atoms with Gasteiger partial charge in [0.15, 0.2) is 0 Å². The maximum atomic E-state index is 2.42. The summed E-state index contributed by atoms with van der Waals surface area (Å²) in [6, 6.07) is 78.0. The number of benzene rings is 9. The van der Waals surface area contributed by atoms with Gasteiger partial charge in [0.05, 0.1) is 16.6 Å². The Morgan fingerprint density at radius 2 is 0.766 bits per heavy atom. The van der Waals surface area contributed by atoms with Gasteiger partial charge in [-0.3, -0.25) is 0 Å². The van der Waals surface area contributed by atoms with E-state index in [1.54, 1.807) is 0 Å². The normalized spacial score (nSPS) is 11.7. The third-order valence-corrected chi connectivity index (χ3v) is 13.0. The molecule has 0 spiro atoms. The number of aryl methyl sites for hydroxylation is 1. The maximum absolute atomic E-state index is 2.42. The van der Waals surface area contributed by atoms with Gasteiger partial charge in [0.2, 0.25) is 0 Å². The number of allylic oxidation sites excluding steroid dienone is 1. The van der Waals surface area contributed by atoms with Crippen LogP contribution in [0, 0.1) is 6.92 Å². The average Bonchev–Trinajstić information content (AvgIpc) is 3.87. The minimum Gasteiger partial charge on any atom is -0.310 e. The monoisotopic (exact) mass is 820 g/mol. The van der Waals surface area contributed by atoms with E-state index in [1.807, 2.05) is 0 Å². The Labute approximate surface area is 375 Å². The fourth-order valence-corrected chi connectivity index (χ4v) is 9.96. The van der Waals surface area contributed by atoms with Crippen molar-refractivity contribution in [1.82, 2.24) is 9.13 Å². The lowest BCUT2D eigenvalue weighted by Gasteiger charge is -2.18. The summed E-state index contributed by atoms with van der Waals surface area (Å²) in [5.74, 6) is 0. The Bertz CT molecular complexity index is 3460. The van der Waals surface area contributed by atoms with E-state index < -0.39 is 0 Å². The molecular formula is C62H48N2. The van der Waals surface area contributed by atoms with Crippen molar-refractivity contribution >= 4 is 38.8 Å². The number of rotatable bonds is 9. The summed E-state index contributed by atoms with van der Waals surface area (Å²) >= 11 is 0. The highest BCUT2D eigenvalue weighted by Gasteiger charge is 2.18. The van der Waals surface area contributed by atoms with E-state index in [-0.39, 0.29) is 0 Å². The average molecular weight is 821 g/mol. The van der Waals surface area contributed by atoms with Crippen molar-refractivity contribution in [2.24, 2.45) is 0 Å². The van der Waals surface area contributed by atoms with E-state index in [0.29, 0.717) is 0 Å². The van der Waals surface area contributed by atoms with Crippen LogP contribution in [0.25, 0.3) is 106 Å². The number of nitrogens with zero attached hydrogens (tertiary/aromatic N) is 2. The predicted octanol–water partition coefficient (Wildman–Crippen LogP) is 17.0. The first-order chi connectivity index (χ1) is 31.6. The van der Waals surface area contributed by atoms with Gasteiger partial charge >= 0.3 is 0 Å². The molecule has 0 amide bonds. The van der Waals surface area contributed by atoms with Gasteiger partial charge in [-0.05, 0) is 166 Å². The zero-order chi connectivity index (χ0) is 43.1. The molecular weight excluding hydrogens is 773 g/mol. The van der Waals surface area contributed by atoms with E-state index in [0.717, 1.165) is 17.8 Å². The van der Waals surface area contributed by atoms with Crippen LogP contribution < -0.4 is 0 Å². The second kappa shape index (κ2) is 16.4. The van der Waals surface area contributed by atoms with Crippen molar-refractivity contribution in [1.29, 1.82) is 0 Å². The molecule has 11 rings (SSSR count). The smallest absolute Gasteiger partial charge is 0.0541 e. The van der Waals surface area contributed by atoms with E-state index in [2.05, 4.69) is 254 Å². The largest absolute Gasteiger partial charge is 0.310 e. The number of hydrogen-bond donors (Lipinski definition) is 0. The summed E-state index contributed by atoms with van der Waals surface area (Å²) in [6.45, 7) is 6.63. The summed E-state index contributed by atoms with van der Waals surface area (Å²) in [6.07, 6.45) is 5.38. The fraction of sp³-hybridized carbons (Fsp3) is 0.0645. The van der Waals surface area contributed by atoms with Crippen molar-refractivity contribution in [2.75, 3.05) is 0 Å². The van der Waals surface area contributed by atoms with Crippen LogP contribution in [0.1, 0.15) is 30.7 Å². The van der Waals surface area contributed by atoms with Crippen molar-refractivity contribution in [3.63, 3.8) is 0 Å². The Balaban J connectivity index is 1.05. The van der Waals surface area contributed by atoms with Crippen LogP contribution >= 0.6 is 0 Å². The summed E-state index contributed by atoms with van der Waals surface area (Å²) < 4.78 is 4.80. The molecule has 306 valence electrons. The number of aromatic nitrogens is 2. The third kappa shape index (κ3) is 6.76. The zero-order valence-electron chi connectivity index (χ0n) is 36.5. The molecule has 11 aromatic rings. The predicted molar refractivity (Wildman–Crippen MR) is 274 cm³/mol. The van der Waals surface area contributed by atoms with Crippen molar-refractivity contribution < 1.29 is 0 Å². The molecule has 0 bridgehead atoms. The van der Waals surface area contributed by atoms with Crippen LogP contribution in [0.4, 0.5) is 0 Å². The highest BCUT2D eigenvalue weighted by molar-refractivity contribution is 6.09. The van der Waals surface area contributed by atoms with Crippen molar-refractivity contribution in [2.45, 2.75) is 27.2 Å². The first-order valence-corrected chi connectivity index (χ1v) is 22.4. The first kappa shape index (κ1) is 38.9. The molecule has 2 heteroatoms. The molecule has 0 fully saturated rings. The highest BCUT2D eigenvalue weighted by atomic mass is 15.0. The Morgan fingerprint density at radius 1 is 0.375 bits per heavy atom. The standard InChI is InChI=1S/C62H48N2/c1-4-18-59-53(5-2)54-23-12-15-26-60(54)63(59)52-35-31-46(32-36-52)58-41-50(40-57(42(58)3)45-21-10-7-11-22-45)49-38-47(43-19-8-6-9-20-43)37-48(39-49)44-29-33-51(34-30-44)64-61-27-16-13-24-55(61)56-25-14-17-28-62(56)64/h4,6-41H,5H2,1-3H3. The minimum absolute atomic E-state index is 0.973. The van der Waals surface area contributed by atoms with Crippen LogP contribution in [-0.2, 0) is 6.42 Å². The lowest BCUT2D eigenvalue weighted by molar-refractivity contribution is 1.06.